The fraction of sp³-hybridized carbons (Fsp3) is 0.267. The van der Waals surface area contributed by atoms with Crippen molar-refractivity contribution in [2.24, 2.45) is 0 Å². The molecule has 0 amide bonds. The largest absolute Gasteiger partial charge is 0.211 e. The Balaban J connectivity index is 0.000000383. The number of aromatic nitrogens is 1. The monoisotopic (exact) mass is 312 g/mol. The van der Waals surface area contributed by atoms with Crippen LogP contribution in [0.5, 0.6) is 0 Å². The summed E-state index contributed by atoms with van der Waals surface area (Å²) in [5, 5.41) is 0. The molecule has 0 bridgehead atoms. The van der Waals surface area contributed by atoms with Gasteiger partial charge in [-0.3, -0.25) is 0 Å². The molecule has 1 N–H and O–H groups in total. The summed E-state index contributed by atoms with van der Waals surface area (Å²) in [7, 11) is -4.69. The summed E-state index contributed by atoms with van der Waals surface area (Å²) in [6.45, 7) is 8.56. The number of hydrogen-bond acceptors (Lipinski definition) is 4. The maximum absolute atomic E-state index is 8.60. The Hall–Kier alpha value is -1.50. The quantitative estimate of drug-likeness (QED) is 0.689. The molecule has 0 fully saturated rings. The van der Waals surface area contributed by atoms with Crippen LogP contribution in [0.1, 0.15) is 22.5 Å². The van der Waals surface area contributed by atoms with Crippen molar-refractivity contribution in [3.05, 3.63) is 58.9 Å². The van der Waals surface area contributed by atoms with Crippen LogP contribution in [0.4, 0.5) is 0 Å². The van der Waals surface area contributed by atoms with E-state index in [2.05, 4.69) is 68.7 Å². The molecule has 0 aliphatic rings. The van der Waals surface area contributed by atoms with Gasteiger partial charge in [0.2, 0.25) is 5.69 Å². The van der Waals surface area contributed by atoms with Crippen LogP contribution >= 0.6 is 0 Å². The summed E-state index contributed by atoms with van der Waals surface area (Å²) in [6.07, 6.45) is 0. The van der Waals surface area contributed by atoms with E-state index in [1.807, 2.05) is 0 Å². The number of benzene rings is 1. The van der Waals surface area contributed by atoms with Gasteiger partial charge in [0.05, 0.1) is 14.9 Å². The Morgan fingerprint density at radius 1 is 0.810 bits per heavy atom. The first-order valence-corrected chi connectivity index (χ1v) is 7.54. The van der Waals surface area contributed by atoms with Crippen molar-refractivity contribution in [1.82, 2.24) is 0 Å². The lowest BCUT2D eigenvalue weighted by molar-refractivity contribution is -1.92. The van der Waals surface area contributed by atoms with E-state index in [1.54, 1.807) is 0 Å². The van der Waals surface area contributed by atoms with Gasteiger partial charge in [0.1, 0.15) is 0 Å². The zero-order valence-corrected chi connectivity index (χ0v) is 13.2. The first-order valence-electron chi connectivity index (χ1n) is 6.28. The van der Waals surface area contributed by atoms with Gasteiger partial charge in [0, 0.05) is 38.1 Å². The Morgan fingerprint density at radius 2 is 1.19 bits per heavy atom. The molecule has 1 aromatic carbocycles. The molecular weight excluding hydrogens is 294 g/mol. The van der Waals surface area contributed by atoms with Crippen LogP contribution in [0.3, 0.4) is 0 Å². The smallest absolute Gasteiger partial charge is 0.183 e. The highest BCUT2D eigenvalue weighted by atomic mass is 35.7. The molecule has 2 rings (SSSR count). The van der Waals surface area contributed by atoms with Crippen LogP contribution in [0.15, 0.2) is 36.4 Å². The summed E-state index contributed by atoms with van der Waals surface area (Å²) < 4.78 is 35.0. The van der Waals surface area contributed by atoms with Gasteiger partial charge in [-0.1, -0.05) is 17.7 Å². The van der Waals surface area contributed by atoms with Gasteiger partial charge in [0.25, 0.3) is 0 Å². The normalized spacial score (nSPS) is 10.9. The van der Waals surface area contributed by atoms with Gasteiger partial charge in [0.15, 0.2) is 11.4 Å². The third-order valence-corrected chi connectivity index (χ3v) is 2.87. The number of pyridine rings is 1. The topological polar surface area (TPSA) is 93.3 Å². The van der Waals surface area contributed by atoms with Crippen molar-refractivity contribution >= 4 is 0 Å². The van der Waals surface area contributed by atoms with Crippen molar-refractivity contribution in [3.8, 4) is 5.69 Å². The van der Waals surface area contributed by atoms with Crippen molar-refractivity contribution < 1.29 is 33.4 Å². The predicted octanol–water partition coefficient (Wildman–Crippen LogP) is -0.927. The van der Waals surface area contributed by atoms with E-state index in [4.69, 9.17) is 18.6 Å². The lowest BCUT2D eigenvalue weighted by Crippen LogP contribution is -2.58. The highest BCUT2D eigenvalue weighted by molar-refractivity contribution is 5.28. The predicted molar refractivity (Wildman–Crippen MR) is 69.1 cm³/mol. The van der Waals surface area contributed by atoms with E-state index < -0.39 is 10.2 Å². The Bertz CT molecular complexity index is 577. The minimum absolute atomic E-state index is 1.24. The molecule has 0 aliphatic heterocycles. The molecule has 0 saturated heterocycles. The van der Waals surface area contributed by atoms with Crippen LogP contribution in [0.25, 0.3) is 5.69 Å². The molecule has 0 spiro atoms. The highest BCUT2D eigenvalue weighted by Crippen LogP contribution is 2.08. The van der Waals surface area contributed by atoms with Crippen molar-refractivity contribution in [2.45, 2.75) is 27.7 Å². The van der Waals surface area contributed by atoms with Gasteiger partial charge in [-0.2, -0.15) is 18.5 Å². The molecule has 1 aromatic heterocycles. The Morgan fingerprint density at radius 3 is 1.57 bits per heavy atom. The molecule has 21 heavy (non-hydrogen) atoms. The first-order chi connectivity index (χ1) is 9.58. The molecule has 5 nitrogen and oxygen atoms in total. The van der Waals surface area contributed by atoms with Crippen molar-refractivity contribution in [3.63, 3.8) is 0 Å². The molecule has 6 heteroatoms. The van der Waals surface area contributed by atoms with Crippen LogP contribution in [-0.2, 0) is 0 Å². The van der Waals surface area contributed by atoms with Crippen LogP contribution < -0.4 is 18.5 Å². The minimum atomic E-state index is -4.69. The van der Waals surface area contributed by atoms with Gasteiger partial charge in [-0.15, -0.1) is 0 Å². The van der Waals surface area contributed by atoms with Gasteiger partial charge in [-0.05, 0) is 19.4 Å². The average Bonchev–Trinajstić information content (AvgIpc) is 2.28. The first kappa shape index (κ1) is 17.6. The highest BCUT2D eigenvalue weighted by Gasteiger charge is 2.14. The van der Waals surface area contributed by atoms with E-state index in [0.29, 0.717) is 0 Å². The minimum Gasteiger partial charge on any atom is -0.183 e. The van der Waals surface area contributed by atoms with E-state index in [1.165, 1.54) is 28.2 Å². The Labute approximate surface area is 126 Å². The number of halogens is 1. The molecule has 0 atom stereocenters. The fourth-order valence-electron chi connectivity index (χ4n) is 2.21. The summed E-state index contributed by atoms with van der Waals surface area (Å²) in [6, 6.07) is 13.1. The van der Waals surface area contributed by atoms with Crippen molar-refractivity contribution in [1.29, 1.82) is 0 Å². The average molecular weight is 313 g/mol. The third kappa shape index (κ3) is 6.20. The fourth-order valence-corrected chi connectivity index (χ4v) is 2.21. The molecule has 0 unspecified atom stereocenters. The van der Waals surface area contributed by atoms with E-state index >= 15 is 0 Å². The summed E-state index contributed by atoms with van der Waals surface area (Å²) in [5.41, 5.74) is 6.41. The third-order valence-electron chi connectivity index (χ3n) is 2.87. The molecule has 114 valence electrons. The molecule has 0 radical (unpaired) electrons. The van der Waals surface area contributed by atoms with E-state index in [9.17, 15) is 0 Å². The molecule has 0 saturated carbocycles. The second-order valence-electron chi connectivity index (χ2n) is 4.88. The molecule has 0 aliphatic carbocycles. The lowest BCUT2D eigenvalue weighted by atomic mass is 10.1. The number of aryl methyl sites for hydroxylation is 4. The van der Waals surface area contributed by atoms with Crippen LogP contribution in [-0.4, -0.2) is 4.66 Å². The molecule has 1 heterocycles. The number of rotatable bonds is 1. The van der Waals surface area contributed by atoms with E-state index in [-0.39, 0.29) is 0 Å². The van der Waals surface area contributed by atoms with E-state index in [0.717, 1.165) is 0 Å². The second-order valence-corrected chi connectivity index (χ2v) is 5.67. The number of nitrogens with zero attached hydrogens (tertiary/aromatic N) is 1. The SMILES string of the molecule is Cc1ccc(-[n+]2c(C)cc(C)cc2C)cc1.[O-][Cl+3]([O-])([O-])O. The number of hydrogen-bond donors (Lipinski definition) is 1. The standard InChI is InChI=1S/C15H18N.ClHO4/c1-11-5-7-15(8-6-11)16-13(3)9-12(2)10-14(16)4;2-1(3,4)5/h5-10H,1-4H3;(H,2,3,4,5)/q+1;. The Kier molecular flexibility index (Phi) is 5.83. The molecular formula is C15H19ClNO4+. The molecule has 2 aromatic rings. The van der Waals surface area contributed by atoms with Gasteiger partial charge in [-0.25, -0.2) is 0 Å². The second kappa shape index (κ2) is 6.98. The summed E-state index contributed by atoms with van der Waals surface area (Å²) in [5.74, 6) is 0. The summed E-state index contributed by atoms with van der Waals surface area (Å²) in [4.78, 5) is 0. The zero-order valence-electron chi connectivity index (χ0n) is 12.5. The lowest BCUT2D eigenvalue weighted by Gasteiger charge is -2.04. The van der Waals surface area contributed by atoms with Crippen LogP contribution in [0, 0.1) is 37.9 Å². The zero-order chi connectivity index (χ0) is 16.2. The summed E-state index contributed by atoms with van der Waals surface area (Å²) >= 11 is 0. The maximum atomic E-state index is 8.60. The van der Waals surface area contributed by atoms with Crippen molar-refractivity contribution in [2.75, 3.05) is 0 Å². The van der Waals surface area contributed by atoms with Crippen LogP contribution in [0.2, 0.25) is 0 Å². The van der Waals surface area contributed by atoms with Gasteiger partial charge >= 0.3 is 0 Å². The maximum Gasteiger partial charge on any atom is 0.211 e. The van der Waals surface area contributed by atoms with Gasteiger partial charge < -0.3 is 0 Å².